The minimum absolute atomic E-state index is 0.146. The molecule has 1 fully saturated rings. The topological polar surface area (TPSA) is 66.9 Å². The first-order chi connectivity index (χ1) is 16.0. The maximum absolute atomic E-state index is 14.0. The van der Waals surface area contributed by atoms with Gasteiger partial charge in [0.05, 0.1) is 11.5 Å². The van der Waals surface area contributed by atoms with Gasteiger partial charge in [0, 0.05) is 24.2 Å². The average Bonchev–Trinajstić information content (AvgIpc) is 3.36. The monoisotopic (exact) mass is 462 g/mol. The van der Waals surface area contributed by atoms with Gasteiger partial charge in [-0.2, -0.15) is 4.31 Å². The van der Waals surface area contributed by atoms with E-state index in [0.29, 0.717) is 30.0 Å². The number of sulfonamides is 1. The summed E-state index contributed by atoms with van der Waals surface area (Å²) in [4.78, 5) is 15.2. The number of ether oxygens (including phenoxy) is 1. The van der Waals surface area contributed by atoms with Crippen molar-refractivity contribution in [3.05, 3.63) is 95.6 Å². The SMILES string of the molecule is CCCCOc1ccc(S(=O)(=O)N2CCN3C(=O)c4ccccc4C32c2ccccc2)cc1. The first kappa shape index (κ1) is 21.7. The molecule has 0 radical (unpaired) electrons. The largest absolute Gasteiger partial charge is 0.494 e. The standard InChI is InChI=1S/C26H26N2O4S/c1-2-3-19-32-21-13-15-22(16-14-21)33(30,31)28-18-17-27-25(29)23-11-7-8-12-24(23)26(27,28)20-9-5-4-6-10-20/h4-16H,2-3,17-19H2,1H3. The van der Waals surface area contributed by atoms with Crippen LogP contribution < -0.4 is 4.74 Å². The molecule has 5 rings (SSSR count). The number of hydrogen-bond acceptors (Lipinski definition) is 4. The summed E-state index contributed by atoms with van der Waals surface area (Å²) in [6.45, 7) is 3.22. The quantitative estimate of drug-likeness (QED) is 0.493. The number of carbonyl (C=O) groups is 1. The van der Waals surface area contributed by atoms with Crippen molar-refractivity contribution < 1.29 is 17.9 Å². The molecule has 3 aromatic carbocycles. The number of rotatable bonds is 7. The maximum atomic E-state index is 14.0. The number of amides is 1. The van der Waals surface area contributed by atoms with E-state index in [4.69, 9.17) is 4.74 Å². The van der Waals surface area contributed by atoms with Crippen LogP contribution in [-0.2, 0) is 15.7 Å². The van der Waals surface area contributed by atoms with Crippen molar-refractivity contribution in [1.82, 2.24) is 9.21 Å². The Balaban J connectivity index is 1.61. The third kappa shape index (κ3) is 3.26. The van der Waals surface area contributed by atoms with Crippen molar-refractivity contribution >= 4 is 15.9 Å². The molecule has 170 valence electrons. The Hall–Kier alpha value is -3.16. The number of carbonyl (C=O) groups excluding carboxylic acids is 1. The number of nitrogens with zero attached hydrogens (tertiary/aromatic N) is 2. The highest BCUT2D eigenvalue weighted by molar-refractivity contribution is 7.89. The van der Waals surface area contributed by atoms with Gasteiger partial charge in [0.1, 0.15) is 5.75 Å². The summed E-state index contributed by atoms with van der Waals surface area (Å²) in [6, 6.07) is 23.3. The third-order valence-corrected chi connectivity index (χ3v) is 8.31. The molecule has 0 spiro atoms. The zero-order valence-electron chi connectivity index (χ0n) is 18.5. The molecule has 0 saturated carbocycles. The van der Waals surface area contributed by atoms with Crippen LogP contribution in [0.4, 0.5) is 0 Å². The van der Waals surface area contributed by atoms with Gasteiger partial charge in [-0.15, -0.1) is 0 Å². The van der Waals surface area contributed by atoms with Crippen LogP contribution >= 0.6 is 0 Å². The fourth-order valence-electron chi connectivity index (χ4n) is 4.89. The van der Waals surface area contributed by atoms with Gasteiger partial charge in [-0.3, -0.25) is 4.79 Å². The molecule has 6 nitrogen and oxygen atoms in total. The van der Waals surface area contributed by atoms with Gasteiger partial charge >= 0.3 is 0 Å². The second kappa shape index (κ2) is 8.32. The van der Waals surface area contributed by atoms with Crippen LogP contribution in [0, 0.1) is 0 Å². The fraction of sp³-hybridized carbons (Fsp3) is 0.269. The lowest BCUT2D eigenvalue weighted by Gasteiger charge is -2.39. The fourth-order valence-corrected chi connectivity index (χ4v) is 6.59. The summed E-state index contributed by atoms with van der Waals surface area (Å²) in [7, 11) is -3.92. The molecule has 2 heterocycles. The van der Waals surface area contributed by atoms with Gasteiger partial charge < -0.3 is 9.64 Å². The Labute approximate surface area is 194 Å². The van der Waals surface area contributed by atoms with E-state index in [9.17, 15) is 13.2 Å². The van der Waals surface area contributed by atoms with E-state index >= 15 is 0 Å². The maximum Gasteiger partial charge on any atom is 0.256 e. The zero-order chi connectivity index (χ0) is 23.1. The Morgan fingerprint density at radius 2 is 1.61 bits per heavy atom. The highest BCUT2D eigenvalue weighted by atomic mass is 32.2. The van der Waals surface area contributed by atoms with E-state index in [1.807, 2.05) is 48.5 Å². The average molecular weight is 463 g/mol. The number of hydrogen-bond donors (Lipinski definition) is 0. The molecule has 1 amide bonds. The normalized spacial score (nSPS) is 20.0. The first-order valence-corrected chi connectivity index (χ1v) is 12.7. The Morgan fingerprint density at radius 1 is 0.909 bits per heavy atom. The number of fused-ring (bicyclic) bond motifs is 3. The second-order valence-electron chi connectivity index (χ2n) is 8.29. The predicted molar refractivity (Wildman–Crippen MR) is 125 cm³/mol. The molecular formula is C26H26N2O4S. The highest BCUT2D eigenvalue weighted by Gasteiger charge is 2.61. The zero-order valence-corrected chi connectivity index (χ0v) is 19.3. The van der Waals surface area contributed by atoms with Crippen LogP contribution in [0.5, 0.6) is 5.75 Å². The number of benzene rings is 3. The smallest absolute Gasteiger partial charge is 0.256 e. The predicted octanol–water partition coefficient (Wildman–Crippen LogP) is 4.23. The van der Waals surface area contributed by atoms with Crippen molar-refractivity contribution in [2.24, 2.45) is 0 Å². The number of unbranched alkanes of at least 4 members (excludes halogenated alkanes) is 1. The second-order valence-corrected chi connectivity index (χ2v) is 10.2. The van der Waals surface area contributed by atoms with Crippen molar-refractivity contribution in [1.29, 1.82) is 0 Å². The lowest BCUT2D eigenvalue weighted by atomic mass is 9.91. The van der Waals surface area contributed by atoms with Crippen molar-refractivity contribution in [3.63, 3.8) is 0 Å². The summed E-state index contributed by atoms with van der Waals surface area (Å²) in [5.74, 6) is 0.497. The molecule has 3 aromatic rings. The third-order valence-electron chi connectivity index (χ3n) is 6.41. The van der Waals surface area contributed by atoms with Crippen LogP contribution in [-0.4, -0.2) is 43.2 Å². The molecule has 1 saturated heterocycles. The highest BCUT2D eigenvalue weighted by Crippen LogP contribution is 2.51. The lowest BCUT2D eigenvalue weighted by Crippen LogP contribution is -2.51. The molecule has 2 aliphatic heterocycles. The van der Waals surface area contributed by atoms with Gasteiger partial charge in [-0.1, -0.05) is 61.9 Å². The molecule has 0 aliphatic carbocycles. The van der Waals surface area contributed by atoms with Crippen LogP contribution in [0.1, 0.15) is 41.3 Å². The minimum atomic E-state index is -3.92. The van der Waals surface area contributed by atoms with Crippen molar-refractivity contribution in [2.75, 3.05) is 19.7 Å². The van der Waals surface area contributed by atoms with Crippen LogP contribution in [0.2, 0.25) is 0 Å². The molecule has 0 aromatic heterocycles. The Morgan fingerprint density at radius 3 is 2.33 bits per heavy atom. The van der Waals surface area contributed by atoms with E-state index in [1.54, 1.807) is 35.2 Å². The Bertz CT molecular complexity index is 1280. The van der Waals surface area contributed by atoms with E-state index in [2.05, 4.69) is 6.92 Å². The molecule has 2 aliphatic rings. The summed E-state index contributed by atoms with van der Waals surface area (Å²) in [5.41, 5.74) is 0.788. The molecule has 7 heteroatoms. The summed E-state index contributed by atoms with van der Waals surface area (Å²) in [5, 5.41) is 0. The van der Waals surface area contributed by atoms with Crippen LogP contribution in [0.3, 0.4) is 0 Å². The summed E-state index contributed by atoms with van der Waals surface area (Å²) < 4.78 is 35.2. The van der Waals surface area contributed by atoms with Crippen molar-refractivity contribution in [3.8, 4) is 5.75 Å². The molecule has 1 atom stereocenters. The van der Waals surface area contributed by atoms with Crippen LogP contribution in [0.25, 0.3) is 0 Å². The van der Waals surface area contributed by atoms with Gasteiger partial charge in [0.2, 0.25) is 10.0 Å². The molecule has 33 heavy (non-hydrogen) atoms. The van der Waals surface area contributed by atoms with E-state index in [0.717, 1.165) is 18.4 Å². The molecule has 0 N–H and O–H groups in total. The minimum Gasteiger partial charge on any atom is -0.494 e. The van der Waals surface area contributed by atoms with Gasteiger partial charge in [0.25, 0.3) is 5.91 Å². The summed E-state index contributed by atoms with van der Waals surface area (Å²) >= 11 is 0. The van der Waals surface area contributed by atoms with Gasteiger partial charge in [-0.05, 0) is 42.3 Å². The molecule has 1 unspecified atom stereocenters. The van der Waals surface area contributed by atoms with E-state index in [1.165, 1.54) is 4.31 Å². The first-order valence-electron chi connectivity index (χ1n) is 11.2. The molecule has 0 bridgehead atoms. The lowest BCUT2D eigenvalue weighted by molar-refractivity contribution is 0.0618. The van der Waals surface area contributed by atoms with E-state index in [-0.39, 0.29) is 17.3 Å². The Kier molecular flexibility index (Phi) is 5.46. The summed E-state index contributed by atoms with van der Waals surface area (Å²) in [6.07, 6.45) is 1.97. The van der Waals surface area contributed by atoms with E-state index < -0.39 is 15.7 Å². The van der Waals surface area contributed by atoms with Crippen LogP contribution in [0.15, 0.2) is 83.8 Å². The van der Waals surface area contributed by atoms with Gasteiger partial charge in [0.15, 0.2) is 5.66 Å². The molecular weight excluding hydrogens is 436 g/mol. The van der Waals surface area contributed by atoms with Crippen molar-refractivity contribution in [2.45, 2.75) is 30.3 Å². The van der Waals surface area contributed by atoms with Gasteiger partial charge in [-0.25, -0.2) is 8.42 Å².